The summed E-state index contributed by atoms with van der Waals surface area (Å²) in [6.07, 6.45) is -3.42. The number of rotatable bonds is 7. The fraction of sp³-hybridized carbons (Fsp3) is 0.227. The van der Waals surface area contributed by atoms with Gasteiger partial charge in [-0.2, -0.15) is 0 Å². The maximum Gasteiger partial charge on any atom is 0.338 e. The van der Waals surface area contributed by atoms with Gasteiger partial charge in [-0.1, -0.05) is 36.4 Å². The minimum atomic E-state index is -1.22. The third kappa shape index (κ3) is 4.73. The summed E-state index contributed by atoms with van der Waals surface area (Å²) in [7, 11) is 0. The molecule has 170 valence electrons. The van der Waals surface area contributed by atoms with Crippen LogP contribution in [-0.4, -0.2) is 62.6 Å². The van der Waals surface area contributed by atoms with Gasteiger partial charge in [-0.3, -0.25) is 4.79 Å². The molecule has 1 fully saturated rings. The number of amides is 1. The number of primary amides is 1. The van der Waals surface area contributed by atoms with Gasteiger partial charge in [0.2, 0.25) is 5.82 Å². The van der Waals surface area contributed by atoms with Crippen molar-refractivity contribution in [3.05, 3.63) is 83.9 Å². The Morgan fingerprint density at radius 3 is 1.97 bits per heavy atom. The van der Waals surface area contributed by atoms with Crippen LogP contribution in [0.5, 0.6) is 0 Å². The SMILES string of the molecule is NC(=O)c1ncn(C2OC(CO)C(OC(=O)c3ccccc3)C2OC(=O)c2ccccc2)n1. The Bertz CT molecular complexity index is 1140. The molecule has 1 aliphatic heterocycles. The smallest absolute Gasteiger partial charge is 0.338 e. The average Bonchev–Trinajstić information content (AvgIpc) is 3.46. The molecule has 0 aliphatic carbocycles. The van der Waals surface area contributed by atoms with Crippen molar-refractivity contribution in [1.82, 2.24) is 14.8 Å². The molecule has 1 saturated heterocycles. The second-order valence-electron chi connectivity index (χ2n) is 7.13. The normalized spacial score (nSPS) is 22.0. The van der Waals surface area contributed by atoms with Gasteiger partial charge in [0.15, 0.2) is 18.4 Å². The van der Waals surface area contributed by atoms with E-state index in [1.54, 1.807) is 60.7 Å². The Morgan fingerprint density at radius 1 is 0.939 bits per heavy atom. The standard InChI is InChI=1S/C22H20N4O7/c23-18(28)19-24-12-26(25-19)20-17(33-22(30)14-9-5-2-6-10-14)16(15(11-27)31-20)32-21(29)13-7-3-1-4-8-13/h1-10,12,15-17,20,27H,11H2,(H2,23,28). The molecule has 3 N–H and O–H groups in total. The number of aliphatic hydroxyl groups is 1. The Balaban J connectivity index is 1.65. The highest BCUT2D eigenvalue weighted by Gasteiger charge is 2.51. The van der Waals surface area contributed by atoms with E-state index in [2.05, 4.69) is 10.1 Å². The molecule has 0 spiro atoms. The Hall–Kier alpha value is -4.09. The number of benzene rings is 2. The van der Waals surface area contributed by atoms with Crippen LogP contribution in [0.25, 0.3) is 0 Å². The average molecular weight is 452 g/mol. The molecule has 4 unspecified atom stereocenters. The predicted octanol–water partition coefficient (Wildman–Crippen LogP) is 0.718. The van der Waals surface area contributed by atoms with Crippen molar-refractivity contribution in [2.75, 3.05) is 6.61 Å². The fourth-order valence-corrected chi connectivity index (χ4v) is 3.38. The van der Waals surface area contributed by atoms with Crippen LogP contribution in [-0.2, 0) is 14.2 Å². The van der Waals surface area contributed by atoms with Crippen molar-refractivity contribution >= 4 is 17.8 Å². The van der Waals surface area contributed by atoms with E-state index in [0.717, 1.165) is 4.68 Å². The Morgan fingerprint density at radius 2 is 1.48 bits per heavy atom. The second-order valence-corrected chi connectivity index (χ2v) is 7.13. The van der Waals surface area contributed by atoms with Gasteiger partial charge < -0.3 is 25.1 Å². The molecule has 3 aromatic rings. The Kier molecular flexibility index (Phi) is 6.43. The molecule has 11 nitrogen and oxygen atoms in total. The molecule has 0 bridgehead atoms. The molecule has 1 amide bonds. The first-order valence-electron chi connectivity index (χ1n) is 9.97. The van der Waals surface area contributed by atoms with Crippen molar-refractivity contribution in [1.29, 1.82) is 0 Å². The lowest BCUT2D eigenvalue weighted by Gasteiger charge is -2.24. The highest BCUT2D eigenvalue weighted by atomic mass is 16.6. The molecular weight excluding hydrogens is 432 g/mol. The zero-order valence-electron chi connectivity index (χ0n) is 17.2. The summed E-state index contributed by atoms with van der Waals surface area (Å²) in [5.41, 5.74) is 5.74. The number of carbonyl (C=O) groups excluding carboxylic acids is 3. The predicted molar refractivity (Wildman–Crippen MR) is 111 cm³/mol. The summed E-state index contributed by atoms with van der Waals surface area (Å²) >= 11 is 0. The van der Waals surface area contributed by atoms with Gasteiger partial charge in [0.25, 0.3) is 5.91 Å². The molecule has 4 rings (SSSR count). The maximum atomic E-state index is 12.8. The lowest BCUT2D eigenvalue weighted by molar-refractivity contribution is -0.0641. The van der Waals surface area contributed by atoms with Crippen LogP contribution in [0, 0.1) is 0 Å². The highest BCUT2D eigenvalue weighted by molar-refractivity contribution is 5.90. The van der Waals surface area contributed by atoms with E-state index in [0.29, 0.717) is 0 Å². The Labute approximate surface area is 187 Å². The number of nitrogens with two attached hydrogens (primary N) is 1. The van der Waals surface area contributed by atoms with Crippen molar-refractivity contribution in [3.63, 3.8) is 0 Å². The number of aliphatic hydroxyl groups excluding tert-OH is 1. The van der Waals surface area contributed by atoms with Crippen LogP contribution in [0.15, 0.2) is 67.0 Å². The maximum absolute atomic E-state index is 12.8. The summed E-state index contributed by atoms with van der Waals surface area (Å²) in [6, 6.07) is 16.4. The van der Waals surface area contributed by atoms with E-state index in [-0.39, 0.29) is 17.0 Å². The molecule has 0 saturated carbocycles. The monoisotopic (exact) mass is 452 g/mol. The second kappa shape index (κ2) is 9.59. The van der Waals surface area contributed by atoms with E-state index in [1.165, 1.54) is 6.33 Å². The van der Waals surface area contributed by atoms with Crippen LogP contribution in [0.1, 0.15) is 37.6 Å². The van der Waals surface area contributed by atoms with E-state index in [1.807, 2.05) is 0 Å². The van der Waals surface area contributed by atoms with Gasteiger partial charge >= 0.3 is 11.9 Å². The summed E-state index contributed by atoms with van der Waals surface area (Å²) in [4.78, 5) is 40.7. The third-order valence-electron chi connectivity index (χ3n) is 4.96. The third-order valence-corrected chi connectivity index (χ3v) is 4.96. The van der Waals surface area contributed by atoms with Gasteiger partial charge in [0.1, 0.15) is 12.4 Å². The molecule has 33 heavy (non-hydrogen) atoms. The van der Waals surface area contributed by atoms with Crippen LogP contribution in [0.3, 0.4) is 0 Å². The highest BCUT2D eigenvalue weighted by Crippen LogP contribution is 2.34. The summed E-state index contributed by atoms with van der Waals surface area (Å²) in [5, 5.41) is 13.8. The van der Waals surface area contributed by atoms with Crippen LogP contribution >= 0.6 is 0 Å². The quantitative estimate of drug-likeness (QED) is 0.493. The van der Waals surface area contributed by atoms with Crippen molar-refractivity contribution in [3.8, 4) is 0 Å². The zero-order valence-corrected chi connectivity index (χ0v) is 17.2. The van der Waals surface area contributed by atoms with Crippen LogP contribution in [0.4, 0.5) is 0 Å². The molecular formula is C22H20N4O7. The minimum Gasteiger partial charge on any atom is -0.452 e. The summed E-state index contributed by atoms with van der Waals surface area (Å²) < 4.78 is 18.2. The van der Waals surface area contributed by atoms with Crippen LogP contribution in [0.2, 0.25) is 0 Å². The molecule has 1 aromatic heterocycles. The van der Waals surface area contributed by atoms with E-state index < -0.39 is 49.0 Å². The first-order valence-corrected chi connectivity index (χ1v) is 9.97. The first-order chi connectivity index (χ1) is 16.0. The van der Waals surface area contributed by atoms with Crippen molar-refractivity contribution < 1.29 is 33.7 Å². The van der Waals surface area contributed by atoms with E-state index >= 15 is 0 Å². The number of hydrogen-bond acceptors (Lipinski definition) is 9. The molecule has 2 heterocycles. The molecule has 11 heteroatoms. The van der Waals surface area contributed by atoms with Crippen molar-refractivity contribution in [2.45, 2.75) is 24.5 Å². The lowest BCUT2D eigenvalue weighted by Crippen LogP contribution is -2.40. The number of hydrogen-bond donors (Lipinski definition) is 2. The summed E-state index contributed by atoms with van der Waals surface area (Å²) in [6.45, 7) is -0.542. The number of ether oxygens (including phenoxy) is 3. The lowest BCUT2D eigenvalue weighted by atomic mass is 10.1. The molecule has 1 aliphatic rings. The first kappa shape index (κ1) is 22.1. The van der Waals surface area contributed by atoms with E-state index in [9.17, 15) is 19.5 Å². The molecule has 0 radical (unpaired) electrons. The largest absolute Gasteiger partial charge is 0.452 e. The number of esters is 2. The summed E-state index contributed by atoms with van der Waals surface area (Å²) in [5.74, 6) is -2.54. The number of aromatic nitrogens is 3. The number of carbonyl (C=O) groups is 3. The fourth-order valence-electron chi connectivity index (χ4n) is 3.38. The molecule has 4 atom stereocenters. The van der Waals surface area contributed by atoms with Crippen molar-refractivity contribution in [2.24, 2.45) is 5.73 Å². The number of nitrogens with zero attached hydrogens (tertiary/aromatic N) is 3. The topological polar surface area (TPSA) is 156 Å². The van der Waals surface area contributed by atoms with Gasteiger partial charge in [0, 0.05) is 0 Å². The molecule has 2 aromatic carbocycles. The van der Waals surface area contributed by atoms with Gasteiger partial charge in [-0.05, 0) is 24.3 Å². The van der Waals surface area contributed by atoms with Crippen LogP contribution < -0.4 is 5.73 Å². The minimum absolute atomic E-state index is 0.258. The van der Waals surface area contributed by atoms with Gasteiger partial charge in [0.05, 0.1) is 17.7 Å². The van der Waals surface area contributed by atoms with Gasteiger partial charge in [-0.25, -0.2) is 19.3 Å². The van der Waals surface area contributed by atoms with Gasteiger partial charge in [-0.15, -0.1) is 5.10 Å². The van der Waals surface area contributed by atoms with E-state index in [4.69, 9.17) is 19.9 Å². The zero-order chi connectivity index (χ0) is 23.4.